The van der Waals surface area contributed by atoms with Crippen LogP contribution in [-0.2, 0) is 4.79 Å². The second-order valence-electron chi connectivity index (χ2n) is 5.42. The summed E-state index contributed by atoms with van der Waals surface area (Å²) in [4.78, 5) is 16.7. The third-order valence-corrected chi connectivity index (χ3v) is 4.46. The van der Waals surface area contributed by atoms with Crippen LogP contribution in [0.2, 0.25) is 0 Å². The van der Waals surface area contributed by atoms with Crippen molar-refractivity contribution in [3.05, 3.63) is 66.2 Å². The third-order valence-electron chi connectivity index (χ3n) is 4.02. The van der Waals surface area contributed by atoms with Crippen LogP contribution in [0.1, 0.15) is 10.9 Å². The maximum absolute atomic E-state index is 12.5. The molecule has 22 heavy (non-hydrogen) atoms. The van der Waals surface area contributed by atoms with Gasteiger partial charge in [0.2, 0.25) is 5.91 Å². The van der Waals surface area contributed by atoms with E-state index in [2.05, 4.69) is 17.0 Å². The van der Waals surface area contributed by atoms with Crippen molar-refractivity contribution < 1.29 is 4.79 Å². The molecule has 1 heterocycles. The summed E-state index contributed by atoms with van der Waals surface area (Å²) in [7, 11) is 0. The number of para-hydroxylation sites is 1. The first-order valence-electron chi connectivity index (χ1n) is 7.53. The molecule has 4 heteroatoms. The first-order chi connectivity index (χ1) is 10.8. The molecule has 114 valence electrons. The molecule has 0 N–H and O–H groups in total. The molecule has 0 spiro atoms. The van der Waals surface area contributed by atoms with Gasteiger partial charge in [-0.1, -0.05) is 48.5 Å². The fourth-order valence-electron chi connectivity index (χ4n) is 2.75. The van der Waals surface area contributed by atoms with E-state index in [-0.39, 0.29) is 5.91 Å². The lowest BCUT2D eigenvalue weighted by atomic mass is 10.1. The Bertz CT molecular complexity index is 609. The van der Waals surface area contributed by atoms with Gasteiger partial charge < -0.3 is 9.80 Å². The number of benzene rings is 2. The second kappa shape index (κ2) is 6.84. The number of piperazine rings is 1. The van der Waals surface area contributed by atoms with Crippen molar-refractivity contribution in [2.45, 2.75) is 5.38 Å². The van der Waals surface area contributed by atoms with E-state index in [4.69, 9.17) is 11.6 Å². The molecular weight excluding hydrogens is 296 g/mol. The predicted molar refractivity (Wildman–Crippen MR) is 90.3 cm³/mol. The van der Waals surface area contributed by atoms with Gasteiger partial charge in [-0.05, 0) is 17.7 Å². The van der Waals surface area contributed by atoms with Gasteiger partial charge in [-0.3, -0.25) is 4.79 Å². The molecule has 2 aromatic carbocycles. The number of rotatable bonds is 3. The highest BCUT2D eigenvalue weighted by molar-refractivity contribution is 6.30. The first-order valence-corrected chi connectivity index (χ1v) is 7.97. The van der Waals surface area contributed by atoms with Gasteiger partial charge in [-0.15, -0.1) is 11.6 Å². The van der Waals surface area contributed by atoms with Gasteiger partial charge in [0.05, 0.1) is 0 Å². The topological polar surface area (TPSA) is 23.6 Å². The van der Waals surface area contributed by atoms with Crippen molar-refractivity contribution in [1.29, 1.82) is 0 Å². The molecular formula is C18H19ClN2O. The zero-order chi connectivity index (χ0) is 15.4. The molecule has 1 atom stereocenters. The number of carbonyl (C=O) groups is 1. The number of halogens is 1. The Hall–Kier alpha value is -2.00. The SMILES string of the molecule is O=C([C@@H](Cl)c1ccccc1)N1CCN(c2ccccc2)CC1. The molecule has 0 aliphatic carbocycles. The van der Waals surface area contributed by atoms with Gasteiger partial charge in [0.1, 0.15) is 5.38 Å². The fraction of sp³-hybridized carbons (Fsp3) is 0.278. The summed E-state index contributed by atoms with van der Waals surface area (Å²) in [5.41, 5.74) is 2.07. The zero-order valence-corrected chi connectivity index (χ0v) is 13.1. The predicted octanol–water partition coefficient (Wildman–Crippen LogP) is 3.32. The minimum Gasteiger partial charge on any atom is -0.368 e. The van der Waals surface area contributed by atoms with Gasteiger partial charge >= 0.3 is 0 Å². The van der Waals surface area contributed by atoms with Crippen LogP contribution in [0.4, 0.5) is 5.69 Å². The van der Waals surface area contributed by atoms with Crippen LogP contribution in [0.5, 0.6) is 0 Å². The van der Waals surface area contributed by atoms with Crippen molar-refractivity contribution in [1.82, 2.24) is 4.90 Å². The Morgan fingerprint density at radius 1 is 0.864 bits per heavy atom. The number of nitrogens with zero attached hydrogens (tertiary/aromatic N) is 2. The molecule has 0 saturated carbocycles. The molecule has 1 aliphatic heterocycles. The molecule has 3 rings (SSSR count). The van der Waals surface area contributed by atoms with E-state index in [1.54, 1.807) is 0 Å². The Balaban J connectivity index is 1.60. The highest BCUT2D eigenvalue weighted by atomic mass is 35.5. The molecule has 1 fully saturated rings. The minimum absolute atomic E-state index is 0.000536. The number of anilines is 1. The lowest BCUT2D eigenvalue weighted by molar-refractivity contribution is -0.131. The van der Waals surface area contributed by atoms with Gasteiger partial charge in [0.25, 0.3) is 0 Å². The Labute approximate surface area is 136 Å². The van der Waals surface area contributed by atoms with Crippen LogP contribution in [0.15, 0.2) is 60.7 Å². The largest absolute Gasteiger partial charge is 0.368 e. The molecule has 1 saturated heterocycles. The van der Waals surface area contributed by atoms with Crippen LogP contribution in [0, 0.1) is 0 Å². The van der Waals surface area contributed by atoms with Crippen LogP contribution in [0.25, 0.3) is 0 Å². The minimum atomic E-state index is -0.593. The van der Waals surface area contributed by atoms with E-state index in [0.717, 1.165) is 18.7 Å². The third kappa shape index (κ3) is 3.25. The summed E-state index contributed by atoms with van der Waals surface area (Å²) < 4.78 is 0. The average Bonchev–Trinajstić information content (AvgIpc) is 2.62. The summed E-state index contributed by atoms with van der Waals surface area (Å²) in [5.74, 6) is 0.000536. The Morgan fingerprint density at radius 2 is 1.41 bits per heavy atom. The number of amides is 1. The van der Waals surface area contributed by atoms with Gasteiger partial charge in [0.15, 0.2) is 0 Å². The van der Waals surface area contributed by atoms with E-state index in [0.29, 0.717) is 13.1 Å². The van der Waals surface area contributed by atoms with Crippen molar-refractivity contribution >= 4 is 23.2 Å². The maximum Gasteiger partial charge on any atom is 0.245 e. The molecule has 0 radical (unpaired) electrons. The van der Waals surface area contributed by atoms with Crippen molar-refractivity contribution in [2.24, 2.45) is 0 Å². The quantitative estimate of drug-likeness (QED) is 0.811. The number of carbonyl (C=O) groups excluding carboxylic acids is 1. The van der Waals surface area contributed by atoms with Crippen molar-refractivity contribution in [3.8, 4) is 0 Å². The Kier molecular flexibility index (Phi) is 4.64. The first kappa shape index (κ1) is 14.9. The second-order valence-corrected chi connectivity index (χ2v) is 5.86. The van der Waals surface area contributed by atoms with E-state index in [1.165, 1.54) is 5.69 Å². The van der Waals surface area contributed by atoms with Crippen molar-refractivity contribution in [3.63, 3.8) is 0 Å². The maximum atomic E-state index is 12.5. The number of alkyl halides is 1. The highest BCUT2D eigenvalue weighted by Crippen LogP contribution is 2.24. The standard InChI is InChI=1S/C18H19ClN2O/c19-17(15-7-3-1-4-8-15)18(22)21-13-11-20(12-14-21)16-9-5-2-6-10-16/h1-10,17H,11-14H2/t17-/m0/s1. The van der Waals surface area contributed by atoms with Gasteiger partial charge in [-0.25, -0.2) is 0 Å². The van der Waals surface area contributed by atoms with Crippen LogP contribution < -0.4 is 4.90 Å². The lowest BCUT2D eigenvalue weighted by Gasteiger charge is -2.36. The summed E-state index contributed by atoms with van der Waals surface area (Å²) >= 11 is 6.34. The van der Waals surface area contributed by atoms with Gasteiger partial charge in [-0.2, -0.15) is 0 Å². The Morgan fingerprint density at radius 3 is 2.00 bits per heavy atom. The summed E-state index contributed by atoms with van der Waals surface area (Å²) in [5, 5.41) is -0.593. The molecule has 1 aliphatic rings. The fourth-order valence-corrected chi connectivity index (χ4v) is 3.03. The van der Waals surface area contributed by atoms with Gasteiger partial charge in [0, 0.05) is 31.9 Å². The highest BCUT2D eigenvalue weighted by Gasteiger charge is 2.27. The van der Waals surface area contributed by atoms with Crippen LogP contribution in [0.3, 0.4) is 0 Å². The average molecular weight is 315 g/mol. The van der Waals surface area contributed by atoms with Crippen LogP contribution >= 0.6 is 11.6 Å². The zero-order valence-electron chi connectivity index (χ0n) is 12.4. The normalized spacial score (nSPS) is 16.4. The van der Waals surface area contributed by atoms with Crippen LogP contribution in [-0.4, -0.2) is 37.0 Å². The molecule has 2 aromatic rings. The molecule has 3 nitrogen and oxygen atoms in total. The monoisotopic (exact) mass is 314 g/mol. The van der Waals surface area contributed by atoms with E-state index >= 15 is 0 Å². The smallest absolute Gasteiger partial charge is 0.245 e. The molecule has 0 aromatic heterocycles. The summed E-state index contributed by atoms with van der Waals surface area (Å²) in [6.45, 7) is 3.11. The molecule has 1 amide bonds. The number of hydrogen-bond acceptors (Lipinski definition) is 2. The molecule has 0 unspecified atom stereocenters. The summed E-state index contributed by atoms with van der Waals surface area (Å²) in [6.07, 6.45) is 0. The lowest BCUT2D eigenvalue weighted by Crippen LogP contribution is -2.49. The van der Waals surface area contributed by atoms with E-state index < -0.39 is 5.38 Å². The van der Waals surface area contributed by atoms with E-state index in [1.807, 2.05) is 53.4 Å². The van der Waals surface area contributed by atoms with Crippen molar-refractivity contribution in [2.75, 3.05) is 31.1 Å². The number of hydrogen-bond donors (Lipinski definition) is 0. The summed E-state index contributed by atoms with van der Waals surface area (Å²) in [6, 6.07) is 19.8. The molecule has 0 bridgehead atoms. The van der Waals surface area contributed by atoms with E-state index in [9.17, 15) is 4.79 Å².